The Hall–Kier alpha value is -1.60. The molecule has 1 rings (SSSR count). The summed E-state index contributed by atoms with van der Waals surface area (Å²) >= 11 is 0. The van der Waals surface area contributed by atoms with Crippen LogP contribution in [0, 0.1) is 0 Å². The average molecular weight is 342 g/mol. The molecule has 0 spiro atoms. The van der Waals surface area contributed by atoms with Crippen molar-refractivity contribution in [3.05, 3.63) is 29.8 Å². The van der Waals surface area contributed by atoms with Gasteiger partial charge in [-0.05, 0) is 44.9 Å². The van der Waals surface area contributed by atoms with Crippen LogP contribution in [0.5, 0.6) is 0 Å². The first-order valence-electron chi connectivity index (χ1n) is 7.51. The lowest BCUT2D eigenvalue weighted by Crippen LogP contribution is -2.30. The van der Waals surface area contributed by atoms with E-state index in [2.05, 4.69) is 10.6 Å². The monoisotopic (exact) mass is 342 g/mol. The van der Waals surface area contributed by atoms with Gasteiger partial charge in [0.25, 0.3) is 0 Å². The number of carbonyl (C=O) groups is 1. The van der Waals surface area contributed by atoms with Crippen molar-refractivity contribution in [1.29, 1.82) is 0 Å². The van der Waals surface area contributed by atoms with Gasteiger partial charge in [0, 0.05) is 25.9 Å². The van der Waals surface area contributed by atoms with Crippen LogP contribution in [0.2, 0.25) is 0 Å². The van der Waals surface area contributed by atoms with Gasteiger partial charge in [-0.25, -0.2) is 13.2 Å². The first-order valence-corrected chi connectivity index (χ1v) is 9.16. The van der Waals surface area contributed by atoms with Gasteiger partial charge in [0.2, 0.25) is 0 Å². The van der Waals surface area contributed by atoms with E-state index in [0.717, 1.165) is 6.42 Å². The fraction of sp³-hybridized carbons (Fsp3) is 0.562. The number of hydrogen-bond donors (Lipinski definition) is 2. The summed E-state index contributed by atoms with van der Waals surface area (Å²) in [5.74, 6) is -0.0139. The second-order valence-electron chi connectivity index (χ2n) is 6.30. The highest BCUT2D eigenvalue weighted by atomic mass is 32.2. The Bertz CT molecular complexity index is 604. The van der Waals surface area contributed by atoms with E-state index >= 15 is 0 Å². The number of methoxy groups -OCH3 is 1. The number of rotatable bonds is 7. The van der Waals surface area contributed by atoms with Gasteiger partial charge in [-0.3, -0.25) is 0 Å². The van der Waals surface area contributed by atoms with Gasteiger partial charge in [-0.15, -0.1) is 0 Å². The molecule has 0 fully saturated rings. The lowest BCUT2D eigenvalue weighted by atomic mass is 10.2. The van der Waals surface area contributed by atoms with E-state index < -0.39 is 14.6 Å². The molecule has 0 heterocycles. The van der Waals surface area contributed by atoms with E-state index in [9.17, 15) is 13.2 Å². The summed E-state index contributed by atoms with van der Waals surface area (Å²) in [4.78, 5) is 11.7. The Balaban J connectivity index is 2.55. The van der Waals surface area contributed by atoms with Gasteiger partial charge in [-0.2, -0.15) is 0 Å². The number of anilines is 1. The number of amides is 2. The third-order valence-electron chi connectivity index (χ3n) is 3.31. The Kier molecular flexibility index (Phi) is 7.02. The van der Waals surface area contributed by atoms with Gasteiger partial charge >= 0.3 is 6.03 Å². The van der Waals surface area contributed by atoms with Crippen molar-refractivity contribution in [1.82, 2.24) is 5.32 Å². The van der Waals surface area contributed by atoms with Crippen molar-refractivity contribution in [2.24, 2.45) is 0 Å². The molecule has 0 aliphatic rings. The summed E-state index contributed by atoms with van der Waals surface area (Å²) in [6.45, 7) is 6.18. The van der Waals surface area contributed by atoms with Crippen LogP contribution in [0.3, 0.4) is 0 Å². The first-order chi connectivity index (χ1) is 10.7. The number of benzene rings is 1. The molecule has 0 aliphatic heterocycles. The molecule has 2 N–H and O–H groups in total. The van der Waals surface area contributed by atoms with Crippen LogP contribution in [-0.2, 0) is 20.3 Å². The van der Waals surface area contributed by atoms with E-state index in [-0.39, 0.29) is 11.8 Å². The fourth-order valence-corrected chi connectivity index (χ4v) is 2.78. The summed E-state index contributed by atoms with van der Waals surface area (Å²) in [5, 5.41) is 5.41. The third kappa shape index (κ3) is 6.58. The number of urea groups is 1. The van der Waals surface area contributed by atoms with E-state index in [1.54, 1.807) is 52.1 Å². The van der Waals surface area contributed by atoms with Crippen molar-refractivity contribution in [3.8, 4) is 0 Å². The van der Waals surface area contributed by atoms with Crippen molar-refractivity contribution >= 4 is 21.6 Å². The molecule has 7 heteroatoms. The minimum atomic E-state index is -3.22. The Morgan fingerprint density at radius 3 is 2.30 bits per heavy atom. The van der Waals surface area contributed by atoms with Crippen molar-refractivity contribution in [2.45, 2.75) is 37.7 Å². The Morgan fingerprint density at radius 2 is 1.78 bits per heavy atom. The standard InChI is InChI=1S/C16H26N2O4S/c1-16(2,3)23(20,21)12-13-6-8-14(9-7-13)18-15(19)17-10-5-11-22-4/h6-9H,5,10-12H2,1-4H3,(H2,17,18,19). The van der Waals surface area contributed by atoms with Crippen molar-refractivity contribution in [3.63, 3.8) is 0 Å². The van der Waals surface area contributed by atoms with Crippen LogP contribution < -0.4 is 10.6 Å². The molecule has 0 saturated carbocycles. The van der Waals surface area contributed by atoms with Gasteiger partial charge in [0.15, 0.2) is 9.84 Å². The zero-order valence-corrected chi connectivity index (χ0v) is 15.0. The molecule has 6 nitrogen and oxygen atoms in total. The SMILES string of the molecule is COCCCNC(=O)Nc1ccc(CS(=O)(=O)C(C)(C)C)cc1. The van der Waals surface area contributed by atoms with Gasteiger partial charge in [0.1, 0.15) is 0 Å². The molecule has 1 aromatic carbocycles. The highest BCUT2D eigenvalue weighted by Crippen LogP contribution is 2.21. The predicted molar refractivity (Wildman–Crippen MR) is 92.3 cm³/mol. The highest BCUT2D eigenvalue weighted by Gasteiger charge is 2.28. The maximum Gasteiger partial charge on any atom is 0.319 e. The van der Waals surface area contributed by atoms with Crippen LogP contribution >= 0.6 is 0 Å². The van der Waals surface area contributed by atoms with E-state index in [4.69, 9.17) is 4.74 Å². The number of nitrogens with one attached hydrogen (secondary N) is 2. The van der Waals surface area contributed by atoms with Crippen LogP contribution in [0.1, 0.15) is 32.8 Å². The van der Waals surface area contributed by atoms with Gasteiger partial charge in [0.05, 0.1) is 10.5 Å². The van der Waals surface area contributed by atoms with Gasteiger partial charge < -0.3 is 15.4 Å². The topological polar surface area (TPSA) is 84.5 Å². The molecular formula is C16H26N2O4S. The first kappa shape index (κ1) is 19.4. The van der Waals surface area contributed by atoms with E-state index in [1.165, 1.54) is 0 Å². The number of carbonyl (C=O) groups excluding carboxylic acids is 1. The molecule has 0 aliphatic carbocycles. The molecule has 0 bridgehead atoms. The normalized spacial score (nSPS) is 12.0. The molecule has 0 radical (unpaired) electrons. The largest absolute Gasteiger partial charge is 0.385 e. The van der Waals surface area contributed by atoms with Crippen LogP contribution in [0.4, 0.5) is 10.5 Å². The minimum absolute atomic E-state index is 0.0139. The zero-order valence-electron chi connectivity index (χ0n) is 14.2. The number of hydrogen-bond acceptors (Lipinski definition) is 4. The van der Waals surface area contributed by atoms with Crippen LogP contribution in [-0.4, -0.2) is 39.5 Å². The summed E-state index contributed by atoms with van der Waals surface area (Å²) in [6, 6.07) is 6.52. The fourth-order valence-electron chi connectivity index (χ4n) is 1.71. The smallest absolute Gasteiger partial charge is 0.319 e. The van der Waals surface area contributed by atoms with Crippen molar-refractivity contribution < 1.29 is 17.9 Å². The highest BCUT2D eigenvalue weighted by molar-refractivity contribution is 7.91. The van der Waals surface area contributed by atoms with Gasteiger partial charge in [-0.1, -0.05) is 12.1 Å². The number of sulfone groups is 1. The molecule has 0 atom stereocenters. The summed E-state index contributed by atoms with van der Waals surface area (Å²) in [6.07, 6.45) is 0.744. The quantitative estimate of drug-likeness (QED) is 0.746. The van der Waals surface area contributed by atoms with E-state index in [1.807, 2.05) is 0 Å². The second-order valence-corrected chi connectivity index (χ2v) is 9.04. The Labute approximate surface area is 138 Å². The molecule has 23 heavy (non-hydrogen) atoms. The maximum absolute atomic E-state index is 12.2. The number of ether oxygens (including phenoxy) is 1. The predicted octanol–water partition coefficient (Wildman–Crippen LogP) is 2.56. The molecule has 1 aromatic rings. The molecule has 130 valence electrons. The molecule has 0 saturated heterocycles. The molecule has 2 amide bonds. The van der Waals surface area contributed by atoms with E-state index in [0.29, 0.717) is 24.4 Å². The Morgan fingerprint density at radius 1 is 1.17 bits per heavy atom. The lowest BCUT2D eigenvalue weighted by Gasteiger charge is -2.19. The minimum Gasteiger partial charge on any atom is -0.385 e. The third-order valence-corrected chi connectivity index (χ3v) is 5.89. The van der Waals surface area contributed by atoms with Crippen molar-refractivity contribution in [2.75, 3.05) is 25.6 Å². The van der Waals surface area contributed by atoms with Crippen LogP contribution in [0.25, 0.3) is 0 Å². The summed E-state index contributed by atoms with van der Waals surface area (Å²) < 4.78 is 28.4. The second kappa shape index (κ2) is 8.31. The zero-order chi connectivity index (χ0) is 17.5. The average Bonchev–Trinajstić information content (AvgIpc) is 2.44. The molecule has 0 unspecified atom stereocenters. The molecule has 0 aromatic heterocycles. The summed E-state index contributed by atoms with van der Waals surface area (Å²) in [5.41, 5.74) is 1.32. The lowest BCUT2D eigenvalue weighted by molar-refractivity contribution is 0.194. The van der Waals surface area contributed by atoms with Crippen LogP contribution in [0.15, 0.2) is 24.3 Å². The maximum atomic E-state index is 12.2. The molecular weight excluding hydrogens is 316 g/mol. The summed E-state index contributed by atoms with van der Waals surface area (Å²) in [7, 11) is -1.60.